The molecular formula is C7H14OSi. The van der Waals surface area contributed by atoms with Crippen molar-refractivity contribution in [2.24, 2.45) is 0 Å². The fourth-order valence-electron chi connectivity index (χ4n) is 0.404. The normalized spacial score (nSPS) is 10.2. The maximum atomic E-state index is 9.21. The van der Waals surface area contributed by atoms with Gasteiger partial charge < -0.3 is 4.80 Å². The molecule has 1 N–H and O–H groups in total. The largest absolute Gasteiger partial charge is 0.422 e. The van der Waals surface area contributed by atoms with Crippen molar-refractivity contribution in [1.82, 2.24) is 0 Å². The molecule has 0 aromatic heterocycles. The van der Waals surface area contributed by atoms with Gasteiger partial charge in [-0.2, -0.15) is 0 Å². The van der Waals surface area contributed by atoms with Crippen molar-refractivity contribution in [2.75, 3.05) is 0 Å². The van der Waals surface area contributed by atoms with E-state index in [-0.39, 0.29) is 0 Å². The van der Waals surface area contributed by atoms with Crippen molar-refractivity contribution in [3.8, 4) is 11.5 Å². The van der Waals surface area contributed by atoms with Crippen molar-refractivity contribution in [3.63, 3.8) is 0 Å². The van der Waals surface area contributed by atoms with Gasteiger partial charge in [-0.1, -0.05) is 12.5 Å². The number of rotatable bonds is 1. The molecule has 9 heavy (non-hydrogen) atoms. The lowest BCUT2D eigenvalue weighted by Gasteiger charge is -2.00. The van der Waals surface area contributed by atoms with Crippen LogP contribution in [0.3, 0.4) is 0 Å². The van der Waals surface area contributed by atoms with Gasteiger partial charge in [0.1, 0.15) is 0 Å². The molecule has 0 bridgehead atoms. The quantitative estimate of drug-likeness (QED) is 0.435. The van der Waals surface area contributed by atoms with Crippen molar-refractivity contribution in [1.29, 1.82) is 0 Å². The highest BCUT2D eigenvalue weighted by atomic mass is 28.4. The zero-order valence-electron chi connectivity index (χ0n) is 6.36. The second-order valence-corrected chi connectivity index (χ2v) is 5.98. The van der Waals surface area contributed by atoms with Crippen LogP contribution in [0.4, 0.5) is 0 Å². The van der Waals surface area contributed by atoms with Crippen LogP contribution in [0, 0.1) is 11.5 Å². The highest BCUT2D eigenvalue weighted by molar-refractivity contribution is 6.78. The molecule has 0 aromatic rings. The molecule has 0 fully saturated rings. The first-order chi connectivity index (χ1) is 4.06. The van der Waals surface area contributed by atoms with Crippen LogP contribution >= 0.6 is 0 Å². The van der Waals surface area contributed by atoms with Crippen LogP contribution in [-0.4, -0.2) is 13.1 Å². The van der Waals surface area contributed by atoms with Crippen LogP contribution in [0.2, 0.25) is 13.1 Å². The topological polar surface area (TPSA) is 20.2 Å². The third-order valence-corrected chi connectivity index (χ3v) is 1.56. The van der Waals surface area contributed by atoms with Gasteiger partial charge >= 0.3 is 0 Å². The lowest BCUT2D eigenvalue weighted by atomic mass is 10.4. The summed E-state index contributed by atoms with van der Waals surface area (Å²) in [6.45, 7) is 5.74. The van der Waals surface area contributed by atoms with E-state index in [1.54, 1.807) is 0 Å². The Bertz CT molecular complexity index is 124. The van der Waals surface area contributed by atoms with Gasteiger partial charge in [0.25, 0.3) is 8.32 Å². The van der Waals surface area contributed by atoms with Gasteiger partial charge in [0.2, 0.25) is 0 Å². The first-order valence-electron chi connectivity index (χ1n) is 3.28. The van der Waals surface area contributed by atoms with E-state index >= 15 is 0 Å². The van der Waals surface area contributed by atoms with Crippen molar-refractivity contribution in [3.05, 3.63) is 0 Å². The molecule has 1 nitrogen and oxygen atoms in total. The molecular weight excluding hydrogens is 128 g/mol. The highest BCUT2D eigenvalue weighted by Crippen LogP contribution is 1.92. The van der Waals surface area contributed by atoms with Crippen LogP contribution < -0.4 is 0 Å². The summed E-state index contributed by atoms with van der Waals surface area (Å²) in [6, 6.07) is 0. The minimum atomic E-state index is -2.06. The summed E-state index contributed by atoms with van der Waals surface area (Å²) in [6.07, 6.45) is 1.99. The molecule has 0 aliphatic rings. The van der Waals surface area contributed by atoms with Crippen LogP contribution in [0.15, 0.2) is 0 Å². The third-order valence-electron chi connectivity index (χ3n) is 0.769. The molecule has 0 aliphatic carbocycles. The fourth-order valence-corrected chi connectivity index (χ4v) is 0.961. The van der Waals surface area contributed by atoms with Crippen LogP contribution in [0.25, 0.3) is 0 Å². The van der Waals surface area contributed by atoms with Gasteiger partial charge in [0.15, 0.2) is 0 Å². The van der Waals surface area contributed by atoms with E-state index in [4.69, 9.17) is 0 Å². The molecule has 52 valence electrons. The molecule has 0 aromatic carbocycles. The van der Waals surface area contributed by atoms with Gasteiger partial charge in [0, 0.05) is 6.42 Å². The lowest BCUT2D eigenvalue weighted by Crippen LogP contribution is -2.22. The van der Waals surface area contributed by atoms with Gasteiger partial charge in [0.05, 0.1) is 0 Å². The summed E-state index contributed by atoms with van der Waals surface area (Å²) in [4.78, 5) is 9.21. The molecule has 0 saturated heterocycles. The monoisotopic (exact) mass is 142 g/mol. The number of hydrogen-bond acceptors (Lipinski definition) is 1. The molecule has 0 heterocycles. The first kappa shape index (κ1) is 8.74. The van der Waals surface area contributed by atoms with E-state index in [0.29, 0.717) is 0 Å². The van der Waals surface area contributed by atoms with E-state index < -0.39 is 8.32 Å². The van der Waals surface area contributed by atoms with Crippen molar-refractivity contribution < 1.29 is 4.80 Å². The summed E-state index contributed by atoms with van der Waals surface area (Å²) >= 11 is 0. The molecule has 0 unspecified atom stereocenters. The summed E-state index contributed by atoms with van der Waals surface area (Å²) in [5.41, 5.74) is 2.87. The van der Waals surface area contributed by atoms with Gasteiger partial charge in [-0.3, -0.25) is 0 Å². The molecule has 0 aliphatic heterocycles. The highest BCUT2D eigenvalue weighted by Gasteiger charge is 2.10. The second-order valence-electron chi connectivity index (χ2n) is 2.61. The minimum Gasteiger partial charge on any atom is -0.422 e. The third kappa shape index (κ3) is 7.74. The van der Waals surface area contributed by atoms with Crippen LogP contribution in [-0.2, 0) is 0 Å². The molecule has 0 rings (SSSR count). The van der Waals surface area contributed by atoms with Crippen LogP contribution in [0.5, 0.6) is 0 Å². The predicted octanol–water partition coefficient (Wildman–Crippen LogP) is 1.53. The predicted molar refractivity (Wildman–Crippen MR) is 42.4 cm³/mol. The smallest absolute Gasteiger partial charge is 0.263 e. The average Bonchev–Trinajstić information content (AvgIpc) is 1.63. The van der Waals surface area contributed by atoms with E-state index in [1.165, 1.54) is 0 Å². The molecule has 0 spiro atoms. The summed E-state index contributed by atoms with van der Waals surface area (Å²) in [7, 11) is -2.06. The van der Waals surface area contributed by atoms with E-state index in [2.05, 4.69) is 18.4 Å². The summed E-state index contributed by atoms with van der Waals surface area (Å²) in [5.74, 6) is 2.94. The van der Waals surface area contributed by atoms with Gasteiger partial charge in [-0.05, 0) is 19.5 Å². The molecule has 0 radical (unpaired) electrons. The molecule has 0 saturated carbocycles. The Labute approximate surface area is 58.2 Å². The van der Waals surface area contributed by atoms with Crippen molar-refractivity contribution >= 4 is 8.32 Å². The number of unbranched alkanes of at least 4 members (excludes halogenated alkanes) is 1. The Morgan fingerprint density at radius 3 is 2.33 bits per heavy atom. The fraction of sp³-hybridized carbons (Fsp3) is 0.714. The van der Waals surface area contributed by atoms with Crippen molar-refractivity contribution in [2.45, 2.75) is 32.9 Å². The zero-order chi connectivity index (χ0) is 7.33. The summed E-state index contributed by atoms with van der Waals surface area (Å²) in [5, 5.41) is 0. The SMILES string of the molecule is CCCC#C[Si](C)(C)O. The Balaban J connectivity index is 3.59. The maximum Gasteiger partial charge on any atom is 0.263 e. The standard InChI is InChI=1S/C7H14OSi/c1-4-5-6-7-9(2,3)8/h8H,4-5H2,1-3H3. The van der Waals surface area contributed by atoms with Gasteiger partial charge in [-0.15, -0.1) is 5.92 Å². The Morgan fingerprint density at radius 1 is 1.44 bits per heavy atom. The Morgan fingerprint density at radius 2 is 2.00 bits per heavy atom. The minimum absolute atomic E-state index is 0.914. The van der Waals surface area contributed by atoms with E-state index in [1.807, 2.05) is 13.1 Å². The average molecular weight is 142 g/mol. The maximum absolute atomic E-state index is 9.21. The molecule has 0 atom stereocenters. The van der Waals surface area contributed by atoms with Gasteiger partial charge in [-0.25, -0.2) is 0 Å². The second kappa shape index (κ2) is 3.70. The Hall–Kier alpha value is -0.263. The van der Waals surface area contributed by atoms with E-state index in [0.717, 1.165) is 12.8 Å². The number of hydrogen-bond donors (Lipinski definition) is 1. The zero-order valence-corrected chi connectivity index (χ0v) is 7.36. The lowest BCUT2D eigenvalue weighted by molar-refractivity contribution is 0.570. The summed E-state index contributed by atoms with van der Waals surface area (Å²) < 4.78 is 0. The van der Waals surface area contributed by atoms with E-state index in [9.17, 15) is 4.80 Å². The van der Waals surface area contributed by atoms with Crippen LogP contribution in [0.1, 0.15) is 19.8 Å². The Kier molecular flexibility index (Phi) is 3.60. The molecule has 0 amide bonds. The molecule has 2 heteroatoms. The first-order valence-corrected chi connectivity index (χ1v) is 6.23.